The van der Waals surface area contributed by atoms with E-state index in [1.165, 1.54) is 42.9 Å². The first-order chi connectivity index (χ1) is 7.75. The monoisotopic (exact) mass is 238 g/mol. The van der Waals surface area contributed by atoms with Gasteiger partial charge in [-0.25, -0.2) is 4.98 Å². The van der Waals surface area contributed by atoms with Crippen molar-refractivity contribution < 1.29 is 0 Å². The molecule has 1 aromatic rings. The van der Waals surface area contributed by atoms with Crippen molar-refractivity contribution in [2.45, 2.75) is 52.0 Å². The lowest BCUT2D eigenvalue weighted by Crippen LogP contribution is -2.20. The van der Waals surface area contributed by atoms with Crippen LogP contribution < -0.4 is 5.32 Å². The largest absolute Gasteiger partial charge is 0.310 e. The van der Waals surface area contributed by atoms with Crippen LogP contribution in [0.15, 0.2) is 5.38 Å². The van der Waals surface area contributed by atoms with Crippen LogP contribution in [-0.4, -0.2) is 11.5 Å². The molecule has 1 saturated carbocycles. The molecule has 0 saturated heterocycles. The topological polar surface area (TPSA) is 24.9 Å². The Morgan fingerprint density at radius 2 is 2.19 bits per heavy atom. The molecule has 2 rings (SSSR count). The number of rotatable bonds is 5. The second kappa shape index (κ2) is 5.78. The average Bonchev–Trinajstić information content (AvgIpc) is 2.87. The fraction of sp³-hybridized carbons (Fsp3) is 0.769. The molecule has 1 fully saturated rings. The van der Waals surface area contributed by atoms with Crippen molar-refractivity contribution in [3.63, 3.8) is 0 Å². The fourth-order valence-electron chi connectivity index (χ4n) is 2.27. The third-order valence-corrected chi connectivity index (χ3v) is 4.21. The second-order valence-electron chi connectivity index (χ2n) is 5.10. The summed E-state index contributed by atoms with van der Waals surface area (Å²) in [7, 11) is 0. The van der Waals surface area contributed by atoms with Crippen LogP contribution in [-0.2, 0) is 6.54 Å². The van der Waals surface area contributed by atoms with E-state index in [1.54, 1.807) is 11.3 Å². The van der Waals surface area contributed by atoms with Crippen molar-refractivity contribution in [2.24, 2.45) is 5.92 Å². The van der Waals surface area contributed by atoms with E-state index in [1.807, 2.05) is 0 Å². The Morgan fingerprint density at radius 1 is 1.44 bits per heavy atom. The summed E-state index contributed by atoms with van der Waals surface area (Å²) >= 11 is 1.79. The van der Waals surface area contributed by atoms with Crippen LogP contribution in [0.2, 0.25) is 0 Å². The first-order valence-electron chi connectivity index (χ1n) is 6.40. The summed E-state index contributed by atoms with van der Waals surface area (Å²) in [6.45, 7) is 6.53. The van der Waals surface area contributed by atoms with Gasteiger partial charge in [-0.15, -0.1) is 11.3 Å². The minimum Gasteiger partial charge on any atom is -0.310 e. The van der Waals surface area contributed by atoms with Gasteiger partial charge in [-0.3, -0.25) is 0 Å². The van der Waals surface area contributed by atoms with E-state index in [0.717, 1.165) is 12.5 Å². The van der Waals surface area contributed by atoms with E-state index in [2.05, 4.69) is 29.5 Å². The van der Waals surface area contributed by atoms with Crippen molar-refractivity contribution in [3.05, 3.63) is 16.1 Å². The maximum Gasteiger partial charge on any atom is 0.107 e. The molecule has 0 aromatic carbocycles. The highest BCUT2D eigenvalue weighted by atomic mass is 32.1. The third kappa shape index (κ3) is 3.29. The van der Waals surface area contributed by atoms with Gasteiger partial charge in [0, 0.05) is 11.9 Å². The SMILES string of the molecule is CC(C)c1csc(CNCC2CCCC2)n1. The van der Waals surface area contributed by atoms with Crippen LogP contribution in [0.25, 0.3) is 0 Å². The number of thiazole rings is 1. The highest BCUT2D eigenvalue weighted by Crippen LogP contribution is 2.24. The molecule has 1 heterocycles. The van der Waals surface area contributed by atoms with Gasteiger partial charge >= 0.3 is 0 Å². The number of hydrogen-bond donors (Lipinski definition) is 1. The standard InChI is InChI=1S/C13H22N2S/c1-10(2)12-9-16-13(15-12)8-14-7-11-5-3-4-6-11/h9-11,14H,3-8H2,1-2H3. The molecule has 0 spiro atoms. The van der Waals surface area contributed by atoms with E-state index >= 15 is 0 Å². The lowest BCUT2D eigenvalue weighted by Gasteiger charge is -2.08. The molecule has 0 aliphatic heterocycles. The van der Waals surface area contributed by atoms with Crippen LogP contribution in [0, 0.1) is 5.92 Å². The van der Waals surface area contributed by atoms with Crippen molar-refractivity contribution in [1.82, 2.24) is 10.3 Å². The van der Waals surface area contributed by atoms with Crippen LogP contribution in [0.4, 0.5) is 0 Å². The zero-order valence-corrected chi connectivity index (χ0v) is 11.1. The van der Waals surface area contributed by atoms with Crippen molar-refractivity contribution >= 4 is 11.3 Å². The Hall–Kier alpha value is -0.410. The zero-order valence-electron chi connectivity index (χ0n) is 10.3. The Labute approximate surface area is 102 Å². The molecule has 1 aliphatic rings. The Balaban J connectivity index is 1.72. The molecule has 2 nitrogen and oxygen atoms in total. The van der Waals surface area contributed by atoms with E-state index < -0.39 is 0 Å². The molecule has 1 aromatic heterocycles. The van der Waals surface area contributed by atoms with Crippen LogP contribution >= 0.6 is 11.3 Å². The lowest BCUT2D eigenvalue weighted by molar-refractivity contribution is 0.488. The fourth-order valence-corrected chi connectivity index (χ4v) is 3.19. The van der Waals surface area contributed by atoms with Gasteiger partial charge in [0.15, 0.2) is 0 Å². The molecular weight excluding hydrogens is 216 g/mol. The summed E-state index contributed by atoms with van der Waals surface area (Å²) < 4.78 is 0. The van der Waals surface area contributed by atoms with Gasteiger partial charge in [0.05, 0.1) is 5.69 Å². The second-order valence-corrected chi connectivity index (χ2v) is 6.04. The van der Waals surface area contributed by atoms with E-state index in [9.17, 15) is 0 Å². The lowest BCUT2D eigenvalue weighted by atomic mass is 10.1. The molecule has 0 radical (unpaired) electrons. The van der Waals surface area contributed by atoms with Crippen molar-refractivity contribution in [2.75, 3.05) is 6.54 Å². The summed E-state index contributed by atoms with van der Waals surface area (Å²) in [5.74, 6) is 1.48. The summed E-state index contributed by atoms with van der Waals surface area (Å²) in [4.78, 5) is 4.63. The van der Waals surface area contributed by atoms with Gasteiger partial charge in [0.1, 0.15) is 5.01 Å². The minimum absolute atomic E-state index is 0.555. The molecule has 3 heteroatoms. The van der Waals surface area contributed by atoms with Gasteiger partial charge < -0.3 is 5.32 Å². The van der Waals surface area contributed by atoms with E-state index in [0.29, 0.717) is 5.92 Å². The molecule has 0 amide bonds. The Kier molecular flexibility index (Phi) is 4.36. The summed E-state index contributed by atoms with van der Waals surface area (Å²) in [6.07, 6.45) is 5.70. The first-order valence-corrected chi connectivity index (χ1v) is 7.28. The molecule has 16 heavy (non-hydrogen) atoms. The Bertz CT molecular complexity index is 313. The molecule has 1 aliphatic carbocycles. The first kappa shape index (κ1) is 12.1. The third-order valence-electron chi connectivity index (χ3n) is 3.35. The van der Waals surface area contributed by atoms with Crippen LogP contribution in [0.3, 0.4) is 0 Å². The maximum atomic E-state index is 4.63. The smallest absolute Gasteiger partial charge is 0.107 e. The van der Waals surface area contributed by atoms with Gasteiger partial charge in [-0.1, -0.05) is 26.7 Å². The van der Waals surface area contributed by atoms with Crippen LogP contribution in [0.5, 0.6) is 0 Å². The molecule has 0 bridgehead atoms. The van der Waals surface area contributed by atoms with E-state index in [-0.39, 0.29) is 0 Å². The number of hydrogen-bond acceptors (Lipinski definition) is 3. The molecule has 0 unspecified atom stereocenters. The zero-order chi connectivity index (χ0) is 11.4. The van der Waals surface area contributed by atoms with Gasteiger partial charge in [-0.05, 0) is 31.2 Å². The predicted molar refractivity (Wildman–Crippen MR) is 69.9 cm³/mol. The summed E-state index contributed by atoms with van der Waals surface area (Å²) in [6, 6.07) is 0. The van der Waals surface area contributed by atoms with Crippen molar-refractivity contribution in [3.8, 4) is 0 Å². The van der Waals surface area contributed by atoms with E-state index in [4.69, 9.17) is 0 Å². The molecule has 0 atom stereocenters. The molecule has 1 N–H and O–H groups in total. The molecular formula is C13H22N2S. The average molecular weight is 238 g/mol. The van der Waals surface area contributed by atoms with Gasteiger partial charge in [-0.2, -0.15) is 0 Å². The van der Waals surface area contributed by atoms with Gasteiger partial charge in [0.2, 0.25) is 0 Å². The predicted octanol–water partition coefficient (Wildman–Crippen LogP) is 3.55. The van der Waals surface area contributed by atoms with Crippen molar-refractivity contribution in [1.29, 1.82) is 0 Å². The molecule has 90 valence electrons. The Morgan fingerprint density at radius 3 is 2.81 bits per heavy atom. The number of nitrogens with zero attached hydrogens (tertiary/aromatic N) is 1. The quantitative estimate of drug-likeness (QED) is 0.848. The number of nitrogens with one attached hydrogen (secondary N) is 1. The highest BCUT2D eigenvalue weighted by molar-refractivity contribution is 7.09. The van der Waals surface area contributed by atoms with Crippen LogP contribution in [0.1, 0.15) is 56.2 Å². The highest BCUT2D eigenvalue weighted by Gasteiger charge is 2.14. The maximum absolute atomic E-state index is 4.63. The minimum atomic E-state index is 0.555. The summed E-state index contributed by atoms with van der Waals surface area (Å²) in [5, 5.41) is 6.97. The summed E-state index contributed by atoms with van der Waals surface area (Å²) in [5.41, 5.74) is 1.24. The van der Waals surface area contributed by atoms with Gasteiger partial charge in [0.25, 0.3) is 0 Å². The normalized spacial score (nSPS) is 17.4. The number of aromatic nitrogens is 1.